The number of hydrogen-bond donors (Lipinski definition) is 1. The van der Waals surface area contributed by atoms with Gasteiger partial charge in [0.1, 0.15) is 5.75 Å². The van der Waals surface area contributed by atoms with Gasteiger partial charge in [-0.2, -0.15) is 0 Å². The minimum absolute atomic E-state index is 0.0106. The molecule has 0 aliphatic carbocycles. The first-order valence-corrected chi connectivity index (χ1v) is 4.77. The summed E-state index contributed by atoms with van der Waals surface area (Å²) >= 11 is 0. The third-order valence-electron chi connectivity index (χ3n) is 2.49. The second-order valence-electron chi connectivity index (χ2n) is 3.35. The van der Waals surface area contributed by atoms with Crippen LogP contribution in [0.25, 0.3) is 0 Å². The number of ether oxygens (including phenoxy) is 1. The minimum Gasteiger partial charge on any atom is -0.496 e. The SMILES string of the molecule is COc1cccc2c1CCCNC2=O. The summed E-state index contributed by atoms with van der Waals surface area (Å²) in [6, 6.07) is 5.60. The minimum atomic E-state index is 0.0106. The van der Waals surface area contributed by atoms with E-state index < -0.39 is 0 Å². The Morgan fingerprint density at radius 1 is 1.43 bits per heavy atom. The van der Waals surface area contributed by atoms with Crippen LogP contribution in [0.4, 0.5) is 0 Å². The molecule has 1 aliphatic rings. The molecule has 0 saturated heterocycles. The van der Waals surface area contributed by atoms with Crippen molar-refractivity contribution in [2.75, 3.05) is 13.7 Å². The zero-order chi connectivity index (χ0) is 9.97. The zero-order valence-electron chi connectivity index (χ0n) is 8.17. The smallest absolute Gasteiger partial charge is 0.251 e. The van der Waals surface area contributed by atoms with E-state index in [2.05, 4.69) is 5.32 Å². The number of methoxy groups -OCH3 is 1. The zero-order valence-corrected chi connectivity index (χ0v) is 8.17. The van der Waals surface area contributed by atoms with E-state index in [0.29, 0.717) is 0 Å². The van der Waals surface area contributed by atoms with Gasteiger partial charge in [-0.3, -0.25) is 4.79 Å². The second kappa shape index (κ2) is 3.70. The van der Waals surface area contributed by atoms with Crippen LogP contribution < -0.4 is 10.1 Å². The van der Waals surface area contributed by atoms with Gasteiger partial charge in [-0.1, -0.05) is 6.07 Å². The predicted octanol–water partition coefficient (Wildman–Crippen LogP) is 1.37. The van der Waals surface area contributed by atoms with Crippen molar-refractivity contribution in [2.45, 2.75) is 12.8 Å². The van der Waals surface area contributed by atoms with Crippen LogP contribution in [0.3, 0.4) is 0 Å². The summed E-state index contributed by atoms with van der Waals surface area (Å²) in [6.07, 6.45) is 1.87. The molecule has 1 amide bonds. The number of carbonyl (C=O) groups excluding carboxylic acids is 1. The maximum absolute atomic E-state index is 11.6. The predicted molar refractivity (Wildman–Crippen MR) is 53.6 cm³/mol. The Balaban J connectivity index is 2.51. The lowest BCUT2D eigenvalue weighted by Gasteiger charge is -2.09. The molecule has 3 heteroatoms. The summed E-state index contributed by atoms with van der Waals surface area (Å²) in [6.45, 7) is 0.747. The van der Waals surface area contributed by atoms with E-state index >= 15 is 0 Å². The van der Waals surface area contributed by atoms with Gasteiger partial charge >= 0.3 is 0 Å². The molecule has 2 rings (SSSR count). The summed E-state index contributed by atoms with van der Waals surface area (Å²) < 4.78 is 5.24. The number of nitrogens with one attached hydrogen (secondary N) is 1. The van der Waals surface area contributed by atoms with E-state index in [9.17, 15) is 4.79 Å². The van der Waals surface area contributed by atoms with Crippen LogP contribution in [0.15, 0.2) is 18.2 Å². The van der Waals surface area contributed by atoms with E-state index in [4.69, 9.17) is 4.74 Å². The van der Waals surface area contributed by atoms with Crippen LogP contribution in [0.2, 0.25) is 0 Å². The highest BCUT2D eigenvalue weighted by Crippen LogP contribution is 2.24. The van der Waals surface area contributed by atoms with Gasteiger partial charge in [-0.15, -0.1) is 0 Å². The molecule has 0 spiro atoms. The van der Waals surface area contributed by atoms with Gasteiger partial charge in [-0.25, -0.2) is 0 Å². The second-order valence-corrected chi connectivity index (χ2v) is 3.35. The lowest BCUT2D eigenvalue weighted by Crippen LogP contribution is -2.22. The molecule has 1 heterocycles. The Hall–Kier alpha value is -1.51. The standard InChI is InChI=1S/C11H13NO2/c1-14-10-6-2-4-9-8(10)5-3-7-12-11(9)13/h2,4,6H,3,5,7H2,1H3,(H,12,13). The fourth-order valence-electron chi connectivity index (χ4n) is 1.79. The molecule has 0 unspecified atom stereocenters. The lowest BCUT2D eigenvalue weighted by molar-refractivity contribution is 0.0956. The Morgan fingerprint density at radius 2 is 2.29 bits per heavy atom. The van der Waals surface area contributed by atoms with Crippen LogP contribution in [0.1, 0.15) is 22.3 Å². The first kappa shape index (κ1) is 9.06. The lowest BCUT2D eigenvalue weighted by atomic mass is 10.0. The molecule has 14 heavy (non-hydrogen) atoms. The Labute approximate surface area is 83.1 Å². The first-order valence-electron chi connectivity index (χ1n) is 4.77. The van der Waals surface area contributed by atoms with Gasteiger partial charge in [0, 0.05) is 17.7 Å². The maximum atomic E-state index is 11.6. The van der Waals surface area contributed by atoms with Crippen molar-refractivity contribution in [3.05, 3.63) is 29.3 Å². The van der Waals surface area contributed by atoms with E-state index in [1.165, 1.54) is 0 Å². The Morgan fingerprint density at radius 3 is 3.07 bits per heavy atom. The van der Waals surface area contributed by atoms with Crippen molar-refractivity contribution >= 4 is 5.91 Å². The molecule has 0 fully saturated rings. The van der Waals surface area contributed by atoms with Crippen molar-refractivity contribution in [1.82, 2.24) is 5.32 Å². The number of fused-ring (bicyclic) bond motifs is 1. The van der Waals surface area contributed by atoms with Crippen molar-refractivity contribution in [2.24, 2.45) is 0 Å². The van der Waals surface area contributed by atoms with Gasteiger partial charge in [0.25, 0.3) is 5.91 Å². The fourth-order valence-corrected chi connectivity index (χ4v) is 1.79. The van der Waals surface area contributed by atoms with E-state index in [-0.39, 0.29) is 5.91 Å². The third-order valence-corrected chi connectivity index (χ3v) is 2.49. The molecule has 0 atom stereocenters. The van der Waals surface area contributed by atoms with E-state index in [1.54, 1.807) is 7.11 Å². The van der Waals surface area contributed by atoms with Gasteiger partial charge in [0.05, 0.1) is 7.11 Å². The number of amides is 1. The number of rotatable bonds is 1. The summed E-state index contributed by atoms with van der Waals surface area (Å²) in [5, 5.41) is 2.86. The molecule has 1 aliphatic heterocycles. The molecule has 0 saturated carbocycles. The quantitative estimate of drug-likeness (QED) is 0.728. The average Bonchev–Trinajstić information content (AvgIpc) is 2.41. The molecular formula is C11H13NO2. The van der Waals surface area contributed by atoms with Crippen molar-refractivity contribution in [1.29, 1.82) is 0 Å². The molecule has 1 aromatic carbocycles. The number of carbonyl (C=O) groups is 1. The Bertz CT molecular complexity index is 360. The highest BCUT2D eigenvalue weighted by Gasteiger charge is 2.17. The summed E-state index contributed by atoms with van der Waals surface area (Å²) in [4.78, 5) is 11.6. The highest BCUT2D eigenvalue weighted by molar-refractivity contribution is 5.96. The van der Waals surface area contributed by atoms with Gasteiger partial charge < -0.3 is 10.1 Å². The molecule has 1 N–H and O–H groups in total. The van der Waals surface area contributed by atoms with Crippen LogP contribution >= 0.6 is 0 Å². The fraction of sp³-hybridized carbons (Fsp3) is 0.364. The summed E-state index contributed by atoms with van der Waals surface area (Å²) in [5.74, 6) is 0.830. The molecule has 1 aromatic rings. The number of hydrogen-bond acceptors (Lipinski definition) is 2. The van der Waals surface area contributed by atoms with Gasteiger partial charge in [0.15, 0.2) is 0 Å². The normalized spacial score (nSPS) is 15.4. The topological polar surface area (TPSA) is 38.3 Å². The van der Waals surface area contributed by atoms with E-state index in [0.717, 1.165) is 36.3 Å². The third kappa shape index (κ3) is 1.45. The average molecular weight is 191 g/mol. The molecular weight excluding hydrogens is 178 g/mol. The Kier molecular flexibility index (Phi) is 2.39. The van der Waals surface area contributed by atoms with Crippen molar-refractivity contribution in [3.8, 4) is 5.75 Å². The molecule has 74 valence electrons. The van der Waals surface area contributed by atoms with Crippen LogP contribution in [-0.2, 0) is 6.42 Å². The van der Waals surface area contributed by atoms with Gasteiger partial charge in [-0.05, 0) is 25.0 Å². The summed E-state index contributed by atoms with van der Waals surface area (Å²) in [7, 11) is 1.64. The largest absolute Gasteiger partial charge is 0.496 e. The van der Waals surface area contributed by atoms with Crippen LogP contribution in [0.5, 0.6) is 5.75 Å². The highest BCUT2D eigenvalue weighted by atomic mass is 16.5. The molecule has 0 bridgehead atoms. The molecule has 3 nitrogen and oxygen atoms in total. The van der Waals surface area contributed by atoms with E-state index in [1.807, 2.05) is 18.2 Å². The maximum Gasteiger partial charge on any atom is 0.251 e. The molecule has 0 radical (unpaired) electrons. The summed E-state index contributed by atoms with van der Waals surface area (Å²) in [5.41, 5.74) is 1.78. The van der Waals surface area contributed by atoms with Crippen molar-refractivity contribution in [3.63, 3.8) is 0 Å². The van der Waals surface area contributed by atoms with Crippen molar-refractivity contribution < 1.29 is 9.53 Å². The monoisotopic (exact) mass is 191 g/mol. The van der Waals surface area contributed by atoms with Crippen LogP contribution in [-0.4, -0.2) is 19.6 Å². The first-order chi connectivity index (χ1) is 6.83. The molecule has 0 aromatic heterocycles. The number of benzene rings is 1. The van der Waals surface area contributed by atoms with Crippen LogP contribution in [0, 0.1) is 0 Å². The van der Waals surface area contributed by atoms with Gasteiger partial charge in [0.2, 0.25) is 0 Å².